The molecule has 0 atom stereocenters. The Hall–Kier alpha value is -1.77. The maximum atomic E-state index is 6.19. The van der Waals surface area contributed by atoms with E-state index in [9.17, 15) is 0 Å². The third kappa shape index (κ3) is 2.21. The third-order valence-corrected chi connectivity index (χ3v) is 3.99. The van der Waals surface area contributed by atoms with Crippen molar-refractivity contribution in [2.75, 3.05) is 13.6 Å². The van der Waals surface area contributed by atoms with Crippen LogP contribution >= 0.6 is 11.6 Å². The first-order chi connectivity index (χ1) is 9.70. The first kappa shape index (κ1) is 13.2. The van der Waals surface area contributed by atoms with Crippen LogP contribution in [0.15, 0.2) is 54.2 Å². The minimum Gasteiger partial charge on any atom is -0.372 e. The second-order valence-corrected chi connectivity index (χ2v) is 5.49. The van der Waals surface area contributed by atoms with Crippen LogP contribution in [0.2, 0.25) is 5.02 Å². The largest absolute Gasteiger partial charge is 0.372 e. The first-order valence-corrected chi connectivity index (χ1v) is 7.07. The summed E-state index contributed by atoms with van der Waals surface area (Å²) in [5.41, 5.74) is 12.0. The highest BCUT2D eigenvalue weighted by atomic mass is 35.5. The van der Waals surface area contributed by atoms with Crippen molar-refractivity contribution in [1.82, 2.24) is 4.90 Å². The molecule has 0 saturated carbocycles. The van der Waals surface area contributed by atoms with E-state index in [2.05, 4.69) is 42.3 Å². The van der Waals surface area contributed by atoms with Crippen molar-refractivity contribution >= 4 is 17.2 Å². The average Bonchev–Trinajstić information content (AvgIpc) is 2.47. The van der Waals surface area contributed by atoms with Gasteiger partial charge in [0, 0.05) is 36.4 Å². The molecule has 1 aliphatic heterocycles. The highest BCUT2D eigenvalue weighted by Gasteiger charge is 2.22. The van der Waals surface area contributed by atoms with Crippen LogP contribution in [-0.4, -0.2) is 18.5 Å². The van der Waals surface area contributed by atoms with Gasteiger partial charge in [0.2, 0.25) is 0 Å². The van der Waals surface area contributed by atoms with Crippen molar-refractivity contribution in [3.05, 3.63) is 75.9 Å². The lowest BCUT2D eigenvalue weighted by Crippen LogP contribution is -2.28. The molecule has 0 fully saturated rings. The lowest BCUT2D eigenvalue weighted by atomic mass is 9.89. The van der Waals surface area contributed by atoms with Gasteiger partial charge in [-0.1, -0.05) is 48.0 Å². The average molecular weight is 285 g/mol. The second kappa shape index (κ2) is 5.31. The summed E-state index contributed by atoms with van der Waals surface area (Å²) in [6.07, 6.45) is 0. The van der Waals surface area contributed by atoms with Crippen LogP contribution in [0.5, 0.6) is 0 Å². The molecule has 3 heteroatoms. The Labute approximate surface area is 124 Å². The van der Waals surface area contributed by atoms with E-state index in [1.54, 1.807) is 0 Å². The molecule has 0 spiro atoms. The summed E-state index contributed by atoms with van der Waals surface area (Å²) in [5.74, 6) is 0. The zero-order valence-electron chi connectivity index (χ0n) is 11.4. The Kier molecular flexibility index (Phi) is 3.51. The molecule has 0 saturated heterocycles. The topological polar surface area (TPSA) is 29.3 Å². The van der Waals surface area contributed by atoms with Gasteiger partial charge in [0.05, 0.1) is 0 Å². The first-order valence-electron chi connectivity index (χ1n) is 6.69. The summed E-state index contributed by atoms with van der Waals surface area (Å²) in [7, 11) is 2.09. The molecule has 3 rings (SSSR count). The molecule has 102 valence electrons. The van der Waals surface area contributed by atoms with E-state index in [1.807, 2.05) is 18.2 Å². The summed E-state index contributed by atoms with van der Waals surface area (Å²) >= 11 is 6.19. The van der Waals surface area contributed by atoms with Gasteiger partial charge < -0.3 is 10.6 Å². The molecule has 0 unspecified atom stereocenters. The van der Waals surface area contributed by atoms with Crippen LogP contribution in [0.25, 0.3) is 5.57 Å². The second-order valence-electron chi connectivity index (χ2n) is 5.05. The molecule has 1 heterocycles. The lowest BCUT2D eigenvalue weighted by Gasteiger charge is -2.32. The van der Waals surface area contributed by atoms with Crippen LogP contribution in [-0.2, 0) is 6.54 Å². The van der Waals surface area contributed by atoms with E-state index in [0.717, 1.165) is 17.3 Å². The molecule has 0 aromatic heterocycles. The maximum Gasteiger partial charge on any atom is 0.0430 e. The molecule has 0 amide bonds. The predicted molar refractivity (Wildman–Crippen MR) is 84.4 cm³/mol. The molecule has 2 aromatic rings. The van der Waals surface area contributed by atoms with E-state index in [4.69, 9.17) is 17.3 Å². The van der Waals surface area contributed by atoms with Gasteiger partial charge in [-0.15, -0.1) is 0 Å². The Morgan fingerprint density at radius 3 is 2.60 bits per heavy atom. The van der Waals surface area contributed by atoms with E-state index in [-0.39, 0.29) is 0 Å². The van der Waals surface area contributed by atoms with Crippen molar-refractivity contribution in [3.63, 3.8) is 0 Å². The zero-order valence-corrected chi connectivity index (χ0v) is 12.2. The van der Waals surface area contributed by atoms with Crippen molar-refractivity contribution in [2.24, 2.45) is 5.73 Å². The number of hydrogen-bond acceptors (Lipinski definition) is 2. The zero-order chi connectivity index (χ0) is 14.1. The SMILES string of the molecule is CN1Cc2ccc(Cl)cc2C(c2ccccc2)=C1CN. The van der Waals surface area contributed by atoms with Crippen LogP contribution in [0, 0.1) is 0 Å². The summed E-state index contributed by atoms with van der Waals surface area (Å²) in [5, 5.41) is 0.762. The van der Waals surface area contributed by atoms with Gasteiger partial charge in [-0.2, -0.15) is 0 Å². The minimum atomic E-state index is 0.521. The lowest BCUT2D eigenvalue weighted by molar-refractivity contribution is 0.400. The van der Waals surface area contributed by atoms with E-state index in [0.29, 0.717) is 6.54 Å². The van der Waals surface area contributed by atoms with Gasteiger partial charge in [-0.3, -0.25) is 0 Å². The standard InChI is InChI=1S/C17H17ClN2/c1-20-11-13-7-8-14(18)9-15(13)17(16(20)10-19)12-5-3-2-4-6-12/h2-9H,10-11,19H2,1H3. The Bertz CT molecular complexity index is 662. The number of halogens is 1. The number of hydrogen-bond donors (Lipinski definition) is 1. The highest BCUT2D eigenvalue weighted by molar-refractivity contribution is 6.30. The highest BCUT2D eigenvalue weighted by Crippen LogP contribution is 2.36. The third-order valence-electron chi connectivity index (χ3n) is 3.75. The van der Waals surface area contributed by atoms with Crippen LogP contribution in [0.4, 0.5) is 0 Å². The fraction of sp³-hybridized carbons (Fsp3) is 0.176. The van der Waals surface area contributed by atoms with Gasteiger partial charge in [0.25, 0.3) is 0 Å². The van der Waals surface area contributed by atoms with Crippen molar-refractivity contribution in [1.29, 1.82) is 0 Å². The van der Waals surface area contributed by atoms with Crippen molar-refractivity contribution in [2.45, 2.75) is 6.54 Å². The number of fused-ring (bicyclic) bond motifs is 1. The molecule has 2 nitrogen and oxygen atoms in total. The summed E-state index contributed by atoms with van der Waals surface area (Å²) in [4.78, 5) is 2.22. The molecular formula is C17H17ClN2. The number of benzene rings is 2. The Morgan fingerprint density at radius 1 is 1.15 bits per heavy atom. The number of rotatable bonds is 2. The summed E-state index contributed by atoms with van der Waals surface area (Å²) in [6, 6.07) is 16.5. The number of nitrogens with zero attached hydrogens (tertiary/aromatic N) is 1. The molecule has 0 aliphatic carbocycles. The van der Waals surface area contributed by atoms with E-state index in [1.165, 1.54) is 22.3 Å². The molecule has 2 N–H and O–H groups in total. The van der Waals surface area contributed by atoms with Gasteiger partial charge in [-0.05, 0) is 28.8 Å². The maximum absolute atomic E-state index is 6.19. The summed E-state index contributed by atoms with van der Waals surface area (Å²) in [6.45, 7) is 1.39. The number of nitrogens with two attached hydrogens (primary N) is 1. The number of likely N-dealkylation sites (N-methyl/N-ethyl adjacent to an activating group) is 1. The molecule has 0 bridgehead atoms. The predicted octanol–water partition coefficient (Wildman–Crippen LogP) is 3.50. The van der Waals surface area contributed by atoms with Crippen LogP contribution in [0.3, 0.4) is 0 Å². The van der Waals surface area contributed by atoms with Gasteiger partial charge in [0.1, 0.15) is 0 Å². The molecular weight excluding hydrogens is 268 g/mol. The van der Waals surface area contributed by atoms with Gasteiger partial charge >= 0.3 is 0 Å². The molecule has 20 heavy (non-hydrogen) atoms. The van der Waals surface area contributed by atoms with E-state index >= 15 is 0 Å². The molecule has 2 aromatic carbocycles. The Balaban J connectivity index is 2.28. The monoisotopic (exact) mass is 284 g/mol. The molecule has 1 aliphatic rings. The molecule has 0 radical (unpaired) electrons. The van der Waals surface area contributed by atoms with Crippen molar-refractivity contribution < 1.29 is 0 Å². The smallest absolute Gasteiger partial charge is 0.0430 e. The normalized spacial score (nSPS) is 14.4. The quantitative estimate of drug-likeness (QED) is 0.914. The minimum absolute atomic E-state index is 0.521. The fourth-order valence-electron chi connectivity index (χ4n) is 2.80. The van der Waals surface area contributed by atoms with E-state index < -0.39 is 0 Å². The van der Waals surface area contributed by atoms with Gasteiger partial charge in [0.15, 0.2) is 0 Å². The van der Waals surface area contributed by atoms with Gasteiger partial charge in [-0.25, -0.2) is 0 Å². The Morgan fingerprint density at radius 2 is 1.90 bits per heavy atom. The van der Waals surface area contributed by atoms with Crippen LogP contribution in [0.1, 0.15) is 16.7 Å². The fourth-order valence-corrected chi connectivity index (χ4v) is 2.97. The summed E-state index contributed by atoms with van der Waals surface area (Å²) < 4.78 is 0. The van der Waals surface area contributed by atoms with Crippen LogP contribution < -0.4 is 5.73 Å². The van der Waals surface area contributed by atoms with Crippen molar-refractivity contribution in [3.8, 4) is 0 Å².